The van der Waals surface area contributed by atoms with Gasteiger partial charge in [-0.2, -0.15) is 5.06 Å². The number of rotatable bonds is 10. The van der Waals surface area contributed by atoms with Crippen LogP contribution in [-0.2, 0) is 25.1 Å². The van der Waals surface area contributed by atoms with Gasteiger partial charge in [-0.1, -0.05) is 37.3 Å². The van der Waals surface area contributed by atoms with Gasteiger partial charge in [-0.05, 0) is 24.8 Å². The zero-order chi connectivity index (χ0) is 18.0. The minimum absolute atomic E-state index is 0. The molecule has 1 rings (SSSR count). The van der Waals surface area contributed by atoms with E-state index in [0.29, 0.717) is 12.8 Å². The molecular formula is C16H24NNaO6P. The van der Waals surface area contributed by atoms with Gasteiger partial charge in [0.25, 0.3) is 11.8 Å². The topological polar surface area (TPSA) is 104 Å². The Morgan fingerprint density at radius 1 is 1.16 bits per heavy atom. The quantitative estimate of drug-likeness (QED) is 0.280. The normalized spacial score (nSPS) is 12.8. The Kier molecular flexibility index (Phi) is 12.5. The first-order valence-corrected chi connectivity index (χ1v) is 9.67. The van der Waals surface area contributed by atoms with Crippen LogP contribution in [0.15, 0.2) is 30.3 Å². The minimum atomic E-state index is -3.71. The molecule has 1 aromatic carbocycles. The standard InChI is InChI=1S/C16H24NO6P.Na/c1-2-12-23-24(21,22)13-6-9-15(18)17(20)16(19)11-10-14-7-4-3-5-8-14;/h3-5,7-8,20H,2,6,9-13H2,1H3,(H,21,22);. The van der Waals surface area contributed by atoms with Crippen molar-refractivity contribution in [3.8, 4) is 0 Å². The SMILES string of the molecule is CCCOP(=O)(O)CCCC(=O)N(O)C(=O)CCc1ccccc1.[Na]. The summed E-state index contributed by atoms with van der Waals surface area (Å²) in [6.07, 6.45) is 0.701. The predicted octanol–water partition coefficient (Wildman–Crippen LogP) is 2.38. The van der Waals surface area contributed by atoms with Crippen molar-refractivity contribution in [3.05, 3.63) is 35.9 Å². The van der Waals surface area contributed by atoms with Crippen LogP contribution in [0.1, 0.15) is 38.2 Å². The molecule has 0 heterocycles. The molecule has 7 nitrogen and oxygen atoms in total. The van der Waals surface area contributed by atoms with Gasteiger partial charge in [0.2, 0.25) is 0 Å². The maximum atomic E-state index is 11.8. The molecular weight excluding hydrogens is 356 g/mol. The number of amides is 2. The Balaban J connectivity index is 0.00000576. The molecule has 0 aliphatic heterocycles. The van der Waals surface area contributed by atoms with Gasteiger partial charge in [0.15, 0.2) is 0 Å². The summed E-state index contributed by atoms with van der Waals surface area (Å²) in [6.45, 7) is 1.99. The first-order valence-electron chi connectivity index (χ1n) is 7.90. The first-order chi connectivity index (χ1) is 11.4. The fourth-order valence-electron chi connectivity index (χ4n) is 1.98. The second kappa shape index (κ2) is 12.8. The van der Waals surface area contributed by atoms with Crippen LogP contribution in [0.4, 0.5) is 0 Å². The van der Waals surface area contributed by atoms with E-state index in [0.717, 1.165) is 5.56 Å². The van der Waals surface area contributed by atoms with Gasteiger partial charge in [0.1, 0.15) is 0 Å². The summed E-state index contributed by atoms with van der Waals surface area (Å²) in [4.78, 5) is 33.0. The van der Waals surface area contributed by atoms with E-state index >= 15 is 0 Å². The molecule has 0 saturated carbocycles. The molecule has 0 fully saturated rings. The fraction of sp³-hybridized carbons (Fsp3) is 0.500. The monoisotopic (exact) mass is 380 g/mol. The van der Waals surface area contributed by atoms with Crippen LogP contribution >= 0.6 is 7.60 Å². The number of benzene rings is 1. The molecule has 1 atom stereocenters. The maximum absolute atomic E-state index is 11.8. The number of carbonyl (C=O) groups is 2. The second-order valence-electron chi connectivity index (χ2n) is 5.38. The summed E-state index contributed by atoms with van der Waals surface area (Å²) in [5, 5.41) is 9.70. The zero-order valence-corrected chi connectivity index (χ0v) is 17.7. The summed E-state index contributed by atoms with van der Waals surface area (Å²) < 4.78 is 16.4. The molecule has 2 amide bonds. The summed E-state index contributed by atoms with van der Waals surface area (Å²) in [7, 11) is -3.71. The van der Waals surface area contributed by atoms with Crippen molar-refractivity contribution in [1.29, 1.82) is 0 Å². The molecule has 25 heavy (non-hydrogen) atoms. The largest absolute Gasteiger partial charge is 0.328 e. The van der Waals surface area contributed by atoms with Crippen LogP contribution in [0.3, 0.4) is 0 Å². The zero-order valence-electron chi connectivity index (χ0n) is 14.8. The molecule has 1 unspecified atom stereocenters. The Labute approximate surface area is 170 Å². The molecule has 0 aliphatic carbocycles. The van der Waals surface area contributed by atoms with Crippen molar-refractivity contribution in [3.63, 3.8) is 0 Å². The third-order valence-corrected chi connectivity index (χ3v) is 4.74. The van der Waals surface area contributed by atoms with E-state index in [1.54, 1.807) is 0 Å². The molecule has 1 aromatic rings. The first kappa shape index (κ1) is 24.5. The van der Waals surface area contributed by atoms with Crippen molar-refractivity contribution >= 4 is 49.0 Å². The van der Waals surface area contributed by atoms with Crippen molar-refractivity contribution in [2.45, 2.75) is 39.0 Å². The van der Waals surface area contributed by atoms with Crippen LogP contribution < -0.4 is 0 Å². The number of imide groups is 1. The van der Waals surface area contributed by atoms with Gasteiger partial charge in [-0.15, -0.1) is 0 Å². The molecule has 0 bridgehead atoms. The van der Waals surface area contributed by atoms with Crippen molar-refractivity contribution in [2.75, 3.05) is 12.8 Å². The summed E-state index contributed by atoms with van der Waals surface area (Å²) in [5.74, 6) is -1.48. The van der Waals surface area contributed by atoms with E-state index in [9.17, 15) is 24.3 Å². The Morgan fingerprint density at radius 2 is 1.76 bits per heavy atom. The molecule has 2 N–H and O–H groups in total. The molecule has 0 aromatic heterocycles. The number of hydrogen-bond donors (Lipinski definition) is 2. The van der Waals surface area contributed by atoms with E-state index in [-0.39, 0.29) is 66.7 Å². The maximum Gasteiger partial charge on any atom is 0.328 e. The van der Waals surface area contributed by atoms with Crippen LogP contribution in [0.2, 0.25) is 0 Å². The number of aryl methyl sites for hydroxylation is 1. The molecule has 0 aliphatic rings. The van der Waals surface area contributed by atoms with Crippen molar-refractivity contribution < 1.29 is 28.8 Å². The number of nitrogens with zero attached hydrogens (tertiary/aromatic N) is 1. The molecule has 0 saturated heterocycles. The van der Waals surface area contributed by atoms with Gasteiger partial charge >= 0.3 is 7.60 Å². The summed E-state index contributed by atoms with van der Waals surface area (Å²) >= 11 is 0. The van der Waals surface area contributed by atoms with Gasteiger partial charge in [0, 0.05) is 42.4 Å². The van der Waals surface area contributed by atoms with Crippen LogP contribution in [0, 0.1) is 0 Å². The fourth-order valence-corrected chi connectivity index (χ4v) is 3.13. The Bertz CT molecular complexity index is 583. The Morgan fingerprint density at radius 3 is 2.36 bits per heavy atom. The van der Waals surface area contributed by atoms with E-state index < -0.39 is 19.4 Å². The summed E-state index contributed by atoms with van der Waals surface area (Å²) in [6, 6.07) is 9.25. The van der Waals surface area contributed by atoms with E-state index in [4.69, 9.17) is 4.52 Å². The minimum Gasteiger partial charge on any atom is -0.324 e. The average molecular weight is 380 g/mol. The summed E-state index contributed by atoms with van der Waals surface area (Å²) in [5.41, 5.74) is 0.931. The molecule has 135 valence electrons. The van der Waals surface area contributed by atoms with Crippen molar-refractivity contribution in [1.82, 2.24) is 5.06 Å². The van der Waals surface area contributed by atoms with E-state index in [1.165, 1.54) is 0 Å². The average Bonchev–Trinajstić information content (AvgIpc) is 2.57. The molecule has 1 radical (unpaired) electrons. The van der Waals surface area contributed by atoms with Gasteiger partial charge in [-0.25, -0.2) is 0 Å². The van der Waals surface area contributed by atoms with E-state index in [1.807, 2.05) is 37.3 Å². The van der Waals surface area contributed by atoms with Crippen LogP contribution in [0.25, 0.3) is 0 Å². The van der Waals surface area contributed by atoms with Gasteiger partial charge in [0.05, 0.1) is 12.8 Å². The number of carbonyl (C=O) groups excluding carboxylic acids is 2. The second-order valence-corrected chi connectivity index (χ2v) is 7.36. The number of hydroxylamine groups is 2. The van der Waals surface area contributed by atoms with E-state index in [2.05, 4.69) is 0 Å². The Hall–Kier alpha value is -0.530. The third-order valence-electron chi connectivity index (χ3n) is 3.27. The molecule has 0 spiro atoms. The third kappa shape index (κ3) is 10.3. The molecule has 9 heteroatoms. The predicted molar refractivity (Wildman–Crippen MR) is 94.3 cm³/mol. The van der Waals surface area contributed by atoms with Gasteiger partial charge in [-0.3, -0.25) is 19.4 Å². The van der Waals surface area contributed by atoms with Crippen molar-refractivity contribution in [2.24, 2.45) is 0 Å². The van der Waals surface area contributed by atoms with Crippen LogP contribution in [0.5, 0.6) is 0 Å². The smallest absolute Gasteiger partial charge is 0.324 e. The van der Waals surface area contributed by atoms with Crippen LogP contribution in [-0.4, -0.2) is 69.3 Å². The van der Waals surface area contributed by atoms with Gasteiger partial charge < -0.3 is 9.42 Å². The number of hydrogen-bond acceptors (Lipinski definition) is 5.